The minimum Gasteiger partial charge on any atom is -0.297 e. The molecular weight excluding hydrogens is 288 g/mol. The molecule has 0 aliphatic rings. The van der Waals surface area contributed by atoms with Crippen LogP contribution in [0.25, 0.3) is 0 Å². The molecule has 0 fully saturated rings. The lowest BCUT2D eigenvalue weighted by molar-refractivity contribution is 0.179. The molecule has 21 heavy (non-hydrogen) atoms. The molecule has 0 unspecified atom stereocenters. The number of pyridine rings is 1. The van der Waals surface area contributed by atoms with Gasteiger partial charge in [0.05, 0.1) is 0 Å². The smallest absolute Gasteiger partial charge is 0.242 e. The molecule has 0 aliphatic carbocycles. The van der Waals surface area contributed by atoms with Gasteiger partial charge in [-0.25, -0.2) is 18.1 Å². The van der Waals surface area contributed by atoms with Crippen LogP contribution in [0.5, 0.6) is 0 Å². The Bertz CT molecular complexity index is 580. The second-order valence-electron chi connectivity index (χ2n) is 5.31. The van der Waals surface area contributed by atoms with Gasteiger partial charge in [-0.2, -0.15) is 5.26 Å². The third-order valence-corrected chi connectivity index (χ3v) is 4.60. The van der Waals surface area contributed by atoms with E-state index in [0.717, 1.165) is 0 Å². The van der Waals surface area contributed by atoms with Crippen LogP contribution in [0.15, 0.2) is 23.2 Å². The van der Waals surface area contributed by atoms with E-state index >= 15 is 0 Å². The first kappa shape index (κ1) is 17.6. The molecule has 1 aromatic rings. The number of hydrogen-bond acceptors (Lipinski definition) is 5. The van der Waals surface area contributed by atoms with Crippen molar-refractivity contribution in [3.8, 4) is 6.07 Å². The number of nitriles is 1. The number of rotatable bonds is 7. The molecule has 6 nitrogen and oxygen atoms in total. The van der Waals surface area contributed by atoms with E-state index in [4.69, 9.17) is 5.26 Å². The van der Waals surface area contributed by atoms with Crippen molar-refractivity contribution < 1.29 is 8.42 Å². The summed E-state index contributed by atoms with van der Waals surface area (Å²) in [4.78, 5) is 6.05. The van der Waals surface area contributed by atoms with Crippen molar-refractivity contribution in [1.29, 1.82) is 5.26 Å². The lowest BCUT2D eigenvalue weighted by Gasteiger charge is -2.30. The first-order valence-corrected chi connectivity index (χ1v) is 8.38. The Labute approximate surface area is 126 Å². The van der Waals surface area contributed by atoms with Crippen LogP contribution in [-0.2, 0) is 10.0 Å². The number of aromatic nitrogens is 1. The van der Waals surface area contributed by atoms with Crippen LogP contribution < -0.4 is 4.72 Å². The van der Waals surface area contributed by atoms with Crippen molar-refractivity contribution in [2.24, 2.45) is 0 Å². The summed E-state index contributed by atoms with van der Waals surface area (Å²) < 4.78 is 26.8. The third-order valence-electron chi connectivity index (χ3n) is 3.15. The van der Waals surface area contributed by atoms with E-state index in [1.54, 1.807) is 0 Å². The van der Waals surface area contributed by atoms with Crippen molar-refractivity contribution >= 4 is 10.0 Å². The van der Waals surface area contributed by atoms with Gasteiger partial charge in [0.15, 0.2) is 0 Å². The van der Waals surface area contributed by atoms with Gasteiger partial charge in [0.1, 0.15) is 16.7 Å². The fraction of sp³-hybridized carbons (Fsp3) is 0.571. The summed E-state index contributed by atoms with van der Waals surface area (Å²) in [5.41, 5.74) is 0.194. The van der Waals surface area contributed by atoms with Crippen molar-refractivity contribution in [2.75, 3.05) is 13.1 Å². The summed E-state index contributed by atoms with van der Waals surface area (Å²) in [6.45, 7) is 9.30. The fourth-order valence-corrected chi connectivity index (χ4v) is 3.08. The minimum atomic E-state index is -3.58. The summed E-state index contributed by atoms with van der Waals surface area (Å²) in [7, 11) is -3.58. The molecule has 0 saturated carbocycles. The molecule has 0 aromatic carbocycles. The lowest BCUT2D eigenvalue weighted by atomic mass is 10.2. The fourth-order valence-electron chi connectivity index (χ4n) is 2.11. The third kappa shape index (κ3) is 5.08. The predicted molar refractivity (Wildman–Crippen MR) is 81.1 cm³/mol. The van der Waals surface area contributed by atoms with E-state index in [-0.39, 0.29) is 10.6 Å². The van der Waals surface area contributed by atoms with Crippen LogP contribution in [0.2, 0.25) is 0 Å². The molecule has 7 heteroatoms. The SMILES string of the molecule is CC(C)N(CCNS(=O)(=O)c1ccc(C#N)nc1)C(C)C. The van der Waals surface area contributed by atoms with E-state index in [1.165, 1.54) is 18.3 Å². The van der Waals surface area contributed by atoms with E-state index in [9.17, 15) is 8.42 Å². The molecule has 0 radical (unpaired) electrons. The maximum absolute atomic E-state index is 12.1. The molecule has 0 aliphatic heterocycles. The molecule has 1 aromatic heterocycles. The summed E-state index contributed by atoms with van der Waals surface area (Å²) in [6, 6.07) is 5.34. The molecule has 0 bridgehead atoms. The standard InChI is InChI=1S/C14H22N4O2S/c1-11(2)18(12(3)4)8-7-17-21(19,20)14-6-5-13(9-15)16-10-14/h5-6,10-12,17H,7-8H2,1-4H3. The molecule has 0 spiro atoms. The Morgan fingerprint density at radius 1 is 1.29 bits per heavy atom. The van der Waals surface area contributed by atoms with Gasteiger partial charge in [-0.3, -0.25) is 4.90 Å². The predicted octanol–water partition coefficient (Wildman–Crippen LogP) is 1.35. The Kier molecular flexibility index (Phi) is 6.27. The zero-order valence-electron chi connectivity index (χ0n) is 12.9. The zero-order chi connectivity index (χ0) is 16.0. The summed E-state index contributed by atoms with van der Waals surface area (Å²) in [6.07, 6.45) is 1.20. The van der Waals surface area contributed by atoms with E-state index in [1.807, 2.05) is 6.07 Å². The Morgan fingerprint density at radius 3 is 2.33 bits per heavy atom. The van der Waals surface area contributed by atoms with Gasteiger partial charge < -0.3 is 0 Å². The Morgan fingerprint density at radius 2 is 1.90 bits per heavy atom. The molecule has 1 rings (SSSR count). The summed E-state index contributed by atoms with van der Waals surface area (Å²) in [5.74, 6) is 0. The van der Waals surface area contributed by atoms with Gasteiger partial charge in [-0.15, -0.1) is 0 Å². The monoisotopic (exact) mass is 310 g/mol. The van der Waals surface area contributed by atoms with E-state index in [0.29, 0.717) is 25.2 Å². The highest BCUT2D eigenvalue weighted by Crippen LogP contribution is 2.08. The highest BCUT2D eigenvalue weighted by Gasteiger charge is 2.17. The first-order valence-electron chi connectivity index (χ1n) is 6.89. The van der Waals surface area contributed by atoms with Gasteiger partial charge in [0, 0.05) is 31.4 Å². The highest BCUT2D eigenvalue weighted by atomic mass is 32.2. The van der Waals surface area contributed by atoms with Crippen molar-refractivity contribution in [3.63, 3.8) is 0 Å². The van der Waals surface area contributed by atoms with E-state index in [2.05, 4.69) is 42.3 Å². The Hall–Kier alpha value is -1.49. The summed E-state index contributed by atoms with van der Waals surface area (Å²) in [5, 5.41) is 8.65. The van der Waals surface area contributed by atoms with Crippen LogP contribution in [-0.4, -0.2) is 43.5 Å². The minimum absolute atomic E-state index is 0.0714. The van der Waals surface area contributed by atoms with Gasteiger partial charge in [-0.05, 0) is 39.8 Å². The summed E-state index contributed by atoms with van der Waals surface area (Å²) >= 11 is 0. The van der Waals surface area contributed by atoms with E-state index < -0.39 is 10.0 Å². The highest BCUT2D eigenvalue weighted by molar-refractivity contribution is 7.89. The van der Waals surface area contributed by atoms with Crippen molar-refractivity contribution in [3.05, 3.63) is 24.0 Å². The number of nitrogens with zero attached hydrogens (tertiary/aromatic N) is 3. The molecule has 0 amide bonds. The average molecular weight is 310 g/mol. The zero-order valence-corrected chi connectivity index (χ0v) is 13.7. The van der Waals surface area contributed by atoms with Gasteiger partial charge in [-0.1, -0.05) is 0 Å². The van der Waals surface area contributed by atoms with Gasteiger partial charge in [0.2, 0.25) is 10.0 Å². The quantitative estimate of drug-likeness (QED) is 0.821. The van der Waals surface area contributed by atoms with Gasteiger partial charge >= 0.3 is 0 Å². The van der Waals surface area contributed by atoms with Crippen LogP contribution in [0.3, 0.4) is 0 Å². The first-order chi connectivity index (χ1) is 9.77. The maximum atomic E-state index is 12.1. The molecule has 1 N–H and O–H groups in total. The lowest BCUT2D eigenvalue weighted by Crippen LogP contribution is -2.42. The topological polar surface area (TPSA) is 86.1 Å². The second-order valence-corrected chi connectivity index (χ2v) is 7.08. The molecular formula is C14H22N4O2S. The van der Waals surface area contributed by atoms with Crippen LogP contribution in [0, 0.1) is 11.3 Å². The molecule has 0 saturated heterocycles. The molecule has 1 heterocycles. The second kappa shape index (κ2) is 7.50. The number of hydrogen-bond donors (Lipinski definition) is 1. The average Bonchev–Trinajstić information content (AvgIpc) is 2.42. The van der Waals surface area contributed by atoms with Crippen LogP contribution >= 0.6 is 0 Å². The maximum Gasteiger partial charge on any atom is 0.242 e. The van der Waals surface area contributed by atoms with Gasteiger partial charge in [0.25, 0.3) is 0 Å². The normalized spacial score (nSPS) is 12.1. The Balaban J connectivity index is 2.66. The van der Waals surface area contributed by atoms with Crippen molar-refractivity contribution in [1.82, 2.24) is 14.6 Å². The van der Waals surface area contributed by atoms with Crippen molar-refractivity contribution in [2.45, 2.75) is 44.7 Å². The number of sulfonamides is 1. The van der Waals surface area contributed by atoms with Crippen LogP contribution in [0.1, 0.15) is 33.4 Å². The largest absolute Gasteiger partial charge is 0.297 e. The molecule has 0 atom stereocenters. The molecule has 116 valence electrons. The number of nitrogens with one attached hydrogen (secondary N) is 1. The van der Waals surface area contributed by atoms with Crippen LogP contribution in [0.4, 0.5) is 0 Å².